The molecular formula is C17H18N6O8S. The van der Waals surface area contributed by atoms with Crippen LogP contribution in [0.5, 0.6) is 5.75 Å². The number of rotatable bonds is 5. The lowest BCUT2D eigenvalue weighted by Crippen LogP contribution is -2.33. The van der Waals surface area contributed by atoms with Gasteiger partial charge in [0.1, 0.15) is 29.6 Å². The van der Waals surface area contributed by atoms with Gasteiger partial charge >= 0.3 is 0 Å². The maximum Gasteiger partial charge on any atom is 0.300 e. The molecular weight excluding hydrogens is 448 g/mol. The lowest BCUT2D eigenvalue weighted by Gasteiger charge is -2.16. The molecule has 3 heterocycles. The number of hydrogen-bond donors (Lipinski definition) is 6. The maximum absolute atomic E-state index is 12.7. The molecule has 14 nitrogen and oxygen atoms in total. The summed E-state index contributed by atoms with van der Waals surface area (Å²) < 4.78 is 33.7. The summed E-state index contributed by atoms with van der Waals surface area (Å²) in [5.41, 5.74) is 5.34. The molecule has 15 heteroatoms. The number of ether oxygens (including phenoxy) is 1. The van der Waals surface area contributed by atoms with Crippen LogP contribution in [0.2, 0.25) is 0 Å². The maximum atomic E-state index is 12.7. The number of sulfonamides is 1. The van der Waals surface area contributed by atoms with Crippen molar-refractivity contribution >= 4 is 32.9 Å². The van der Waals surface area contributed by atoms with Gasteiger partial charge < -0.3 is 30.9 Å². The number of aliphatic hydroxyl groups is 3. The van der Waals surface area contributed by atoms with Gasteiger partial charge in [-0.15, -0.1) is 0 Å². The van der Waals surface area contributed by atoms with Crippen molar-refractivity contribution in [2.24, 2.45) is 0 Å². The first-order valence-electron chi connectivity index (χ1n) is 9.11. The third-order valence-electron chi connectivity index (χ3n) is 4.84. The molecule has 2 unspecified atom stereocenters. The smallest absolute Gasteiger partial charge is 0.300 e. The zero-order chi connectivity index (χ0) is 23.2. The number of nitrogens with one attached hydrogen (secondary N) is 1. The predicted octanol–water partition coefficient (Wildman–Crippen LogP) is -2.16. The molecule has 2 aromatic heterocycles. The third-order valence-corrected chi connectivity index (χ3v) is 5.95. The molecule has 1 aliphatic rings. The van der Waals surface area contributed by atoms with Crippen LogP contribution in [0.15, 0.2) is 35.7 Å². The van der Waals surface area contributed by atoms with Gasteiger partial charge in [0, 0.05) is 0 Å². The van der Waals surface area contributed by atoms with Crippen molar-refractivity contribution in [3.8, 4) is 5.75 Å². The van der Waals surface area contributed by atoms with Crippen LogP contribution in [0.3, 0.4) is 0 Å². The molecule has 1 fully saturated rings. The van der Waals surface area contributed by atoms with Gasteiger partial charge in [0.05, 0.1) is 18.5 Å². The minimum absolute atomic E-state index is 0.0197. The zero-order valence-corrected chi connectivity index (χ0v) is 16.9. The summed E-state index contributed by atoms with van der Waals surface area (Å²) in [4.78, 5) is 23.9. The standard InChI is InChI=1S/C17H18N6O8S/c18-13-10-14(23(6-19-10)16-12(27)11(26)9(5-24)31-16)21-17(20-13)32(29,30)22-15(28)7-3-1-2-4-8(7)25/h1-4,6,9,11-12,16,24-27H,5H2,(H,22,28)(H2,18,20,21)/t9-,11?,12?,16-/m1/s1. The van der Waals surface area contributed by atoms with E-state index in [9.17, 15) is 33.6 Å². The van der Waals surface area contributed by atoms with E-state index in [2.05, 4.69) is 15.0 Å². The van der Waals surface area contributed by atoms with Crippen LogP contribution < -0.4 is 10.5 Å². The number of carbonyl (C=O) groups is 1. The number of phenols is 1. The van der Waals surface area contributed by atoms with Crippen LogP contribution in [0, 0.1) is 0 Å². The monoisotopic (exact) mass is 466 g/mol. The first-order chi connectivity index (χ1) is 15.1. The van der Waals surface area contributed by atoms with Crippen molar-refractivity contribution in [3.05, 3.63) is 36.2 Å². The summed E-state index contributed by atoms with van der Waals surface area (Å²) in [5.74, 6) is -1.89. The number of amides is 1. The Bertz CT molecular complexity index is 1300. The lowest BCUT2D eigenvalue weighted by atomic mass is 10.1. The summed E-state index contributed by atoms with van der Waals surface area (Å²) in [5, 5.41) is 38.4. The largest absolute Gasteiger partial charge is 0.507 e. The van der Waals surface area contributed by atoms with Crippen LogP contribution in [0.25, 0.3) is 11.2 Å². The van der Waals surface area contributed by atoms with E-state index in [0.29, 0.717) is 0 Å². The van der Waals surface area contributed by atoms with Gasteiger partial charge in [0.2, 0.25) is 0 Å². The Morgan fingerprint density at radius 2 is 1.94 bits per heavy atom. The number of phenolic OH excluding ortho intramolecular Hbond substituents is 1. The summed E-state index contributed by atoms with van der Waals surface area (Å²) in [6, 6.07) is 5.32. The normalized spacial score (nSPS) is 23.5. The first kappa shape index (κ1) is 21.8. The molecule has 32 heavy (non-hydrogen) atoms. The molecule has 1 aliphatic heterocycles. The van der Waals surface area contributed by atoms with E-state index in [4.69, 9.17) is 10.5 Å². The lowest BCUT2D eigenvalue weighted by molar-refractivity contribution is -0.0511. The number of nitrogen functional groups attached to an aromatic ring is 1. The molecule has 1 amide bonds. The average Bonchev–Trinajstić information content (AvgIpc) is 3.29. The zero-order valence-electron chi connectivity index (χ0n) is 16.1. The van der Waals surface area contributed by atoms with Gasteiger partial charge in [-0.05, 0) is 12.1 Å². The van der Waals surface area contributed by atoms with Crippen molar-refractivity contribution in [1.82, 2.24) is 24.2 Å². The number of aromatic hydroxyl groups is 1. The van der Waals surface area contributed by atoms with Crippen LogP contribution in [0.4, 0.5) is 5.82 Å². The number of nitrogens with two attached hydrogens (primary N) is 1. The Morgan fingerprint density at radius 1 is 1.22 bits per heavy atom. The first-order valence-corrected chi connectivity index (χ1v) is 10.6. The van der Waals surface area contributed by atoms with Crippen LogP contribution in [0.1, 0.15) is 16.6 Å². The summed E-state index contributed by atoms with van der Waals surface area (Å²) in [6.07, 6.45) is -4.10. The highest BCUT2D eigenvalue weighted by atomic mass is 32.2. The molecule has 0 radical (unpaired) electrons. The van der Waals surface area contributed by atoms with E-state index < -0.39 is 58.0 Å². The summed E-state index contributed by atoms with van der Waals surface area (Å²) in [7, 11) is -4.64. The van der Waals surface area contributed by atoms with Crippen molar-refractivity contribution in [2.45, 2.75) is 29.7 Å². The highest BCUT2D eigenvalue weighted by molar-refractivity contribution is 7.89. The minimum Gasteiger partial charge on any atom is -0.507 e. The van der Waals surface area contributed by atoms with Gasteiger partial charge in [0.15, 0.2) is 17.7 Å². The van der Waals surface area contributed by atoms with E-state index in [-0.39, 0.29) is 22.5 Å². The molecule has 0 spiro atoms. The molecule has 0 aliphatic carbocycles. The Kier molecular flexibility index (Phi) is 5.43. The molecule has 0 saturated carbocycles. The number of fused-ring (bicyclic) bond motifs is 1. The Labute approximate surface area is 180 Å². The Hall–Kier alpha value is -3.37. The van der Waals surface area contributed by atoms with Gasteiger partial charge in [-0.3, -0.25) is 9.36 Å². The number of imidazole rings is 1. The topological polar surface area (TPSA) is 223 Å². The molecule has 170 valence electrons. The summed E-state index contributed by atoms with van der Waals surface area (Å²) >= 11 is 0. The second-order valence-electron chi connectivity index (χ2n) is 6.90. The molecule has 4 atom stereocenters. The second kappa shape index (κ2) is 7.95. The number of benzene rings is 1. The molecule has 7 N–H and O–H groups in total. The van der Waals surface area contributed by atoms with E-state index in [1.807, 2.05) is 0 Å². The van der Waals surface area contributed by atoms with Crippen molar-refractivity contribution < 1.29 is 38.4 Å². The highest BCUT2D eigenvalue weighted by Gasteiger charge is 2.44. The van der Waals surface area contributed by atoms with Crippen molar-refractivity contribution in [3.63, 3.8) is 0 Å². The van der Waals surface area contributed by atoms with E-state index in [1.54, 1.807) is 4.72 Å². The molecule has 3 aromatic rings. The number of anilines is 1. The molecule has 4 rings (SSSR count). The SMILES string of the molecule is Nc1nc(S(=O)(=O)NC(=O)c2ccccc2O)nc2c1ncn2[C@@H]1O[C@H](CO)C(O)C1O. The van der Waals surface area contributed by atoms with E-state index in [0.717, 1.165) is 10.9 Å². The molecule has 1 saturated heterocycles. The fourth-order valence-corrected chi connectivity index (χ4v) is 4.09. The van der Waals surface area contributed by atoms with Gasteiger partial charge in [-0.25, -0.2) is 9.71 Å². The number of hydrogen-bond acceptors (Lipinski definition) is 12. The Balaban J connectivity index is 1.72. The molecule has 1 aromatic carbocycles. The van der Waals surface area contributed by atoms with E-state index >= 15 is 0 Å². The number of nitrogens with zero attached hydrogens (tertiary/aromatic N) is 4. The van der Waals surface area contributed by atoms with Crippen molar-refractivity contribution in [2.75, 3.05) is 12.3 Å². The average molecular weight is 466 g/mol. The van der Waals surface area contributed by atoms with E-state index in [1.165, 1.54) is 24.3 Å². The van der Waals surface area contributed by atoms with Gasteiger partial charge in [0.25, 0.3) is 21.1 Å². The Morgan fingerprint density at radius 3 is 2.59 bits per heavy atom. The van der Waals surface area contributed by atoms with Gasteiger partial charge in [-0.1, -0.05) is 12.1 Å². The number of carbonyl (C=O) groups excluding carboxylic acids is 1. The van der Waals surface area contributed by atoms with Crippen LogP contribution in [-0.2, 0) is 14.8 Å². The third kappa shape index (κ3) is 3.61. The quantitative estimate of drug-likeness (QED) is 0.221. The van der Waals surface area contributed by atoms with Crippen LogP contribution in [-0.4, -0.2) is 79.2 Å². The van der Waals surface area contributed by atoms with Gasteiger partial charge in [-0.2, -0.15) is 18.4 Å². The predicted molar refractivity (Wildman–Crippen MR) is 106 cm³/mol. The second-order valence-corrected chi connectivity index (χ2v) is 8.47. The number of para-hydroxylation sites is 1. The van der Waals surface area contributed by atoms with Crippen molar-refractivity contribution in [1.29, 1.82) is 0 Å². The fraction of sp³-hybridized carbons (Fsp3) is 0.294. The highest BCUT2D eigenvalue weighted by Crippen LogP contribution is 2.32. The number of aromatic nitrogens is 4. The number of aliphatic hydroxyl groups excluding tert-OH is 3. The minimum atomic E-state index is -4.64. The fourth-order valence-electron chi connectivity index (χ4n) is 3.22. The molecule has 0 bridgehead atoms. The van der Waals surface area contributed by atoms with Crippen LogP contribution >= 0.6 is 0 Å². The summed E-state index contributed by atoms with van der Waals surface area (Å²) in [6.45, 7) is -0.573.